The lowest BCUT2D eigenvalue weighted by molar-refractivity contribution is 0.0967. The van der Waals surface area contributed by atoms with E-state index in [-0.39, 0.29) is 5.91 Å². The molecule has 1 fully saturated rings. The topological polar surface area (TPSA) is 45.9 Å². The predicted octanol–water partition coefficient (Wildman–Crippen LogP) is 3.82. The summed E-state index contributed by atoms with van der Waals surface area (Å²) in [4.78, 5) is 18.8. The Kier molecular flexibility index (Phi) is 5.05. The van der Waals surface area contributed by atoms with Crippen LogP contribution in [0.4, 0.5) is 10.7 Å². The minimum absolute atomic E-state index is 0.209. The van der Waals surface area contributed by atoms with Crippen LogP contribution in [-0.4, -0.2) is 39.3 Å². The van der Waals surface area contributed by atoms with Gasteiger partial charge in [0.15, 0.2) is 0 Å². The number of morpholine rings is 1. The maximum Gasteiger partial charge on any atom is 0.260 e. The first kappa shape index (κ1) is 16.8. The summed E-state index contributed by atoms with van der Waals surface area (Å²) < 4.78 is 5.39. The third-order valence-corrected chi connectivity index (χ3v) is 5.42. The first-order valence-electron chi connectivity index (χ1n) is 7.51. The SMILES string of the molecule is [C-]#[N+]c1c(N2CCOCC2)sc(C(=O)NC)c1-c1ccccc1Cl. The molecule has 1 aliphatic heterocycles. The van der Waals surface area contributed by atoms with Gasteiger partial charge in [0.05, 0.1) is 29.7 Å². The summed E-state index contributed by atoms with van der Waals surface area (Å²) in [5.41, 5.74) is 1.80. The van der Waals surface area contributed by atoms with E-state index in [2.05, 4.69) is 15.1 Å². The van der Waals surface area contributed by atoms with E-state index in [0.29, 0.717) is 53.0 Å². The van der Waals surface area contributed by atoms with E-state index < -0.39 is 0 Å². The van der Waals surface area contributed by atoms with Crippen LogP contribution in [0.2, 0.25) is 5.02 Å². The third kappa shape index (κ3) is 2.98. The molecule has 1 aromatic carbocycles. The normalized spacial score (nSPS) is 14.3. The van der Waals surface area contributed by atoms with Crippen LogP contribution >= 0.6 is 22.9 Å². The zero-order chi connectivity index (χ0) is 17.1. The molecule has 1 saturated heterocycles. The molecule has 2 heterocycles. The molecule has 7 heteroatoms. The van der Waals surface area contributed by atoms with Gasteiger partial charge in [0.25, 0.3) is 5.91 Å². The number of carbonyl (C=O) groups excluding carboxylic acids is 1. The number of thiophene rings is 1. The van der Waals surface area contributed by atoms with Crippen LogP contribution in [0.1, 0.15) is 9.67 Å². The van der Waals surface area contributed by atoms with Gasteiger partial charge in [-0.15, -0.1) is 11.3 Å². The minimum Gasteiger partial charge on any atom is -0.378 e. The van der Waals surface area contributed by atoms with E-state index in [0.717, 1.165) is 5.00 Å². The summed E-state index contributed by atoms with van der Waals surface area (Å²) in [6.07, 6.45) is 0. The molecule has 0 bridgehead atoms. The Morgan fingerprint density at radius 2 is 2.08 bits per heavy atom. The lowest BCUT2D eigenvalue weighted by Crippen LogP contribution is -2.35. The highest BCUT2D eigenvalue weighted by Gasteiger charge is 2.28. The molecule has 0 spiro atoms. The number of carbonyl (C=O) groups is 1. The van der Waals surface area contributed by atoms with Crippen LogP contribution in [0.5, 0.6) is 0 Å². The highest BCUT2D eigenvalue weighted by molar-refractivity contribution is 7.19. The molecule has 1 aromatic heterocycles. The van der Waals surface area contributed by atoms with Gasteiger partial charge in [-0.25, -0.2) is 4.85 Å². The molecule has 1 amide bonds. The van der Waals surface area contributed by atoms with E-state index in [1.807, 2.05) is 18.2 Å². The van der Waals surface area contributed by atoms with Crippen LogP contribution < -0.4 is 10.2 Å². The summed E-state index contributed by atoms with van der Waals surface area (Å²) in [6, 6.07) is 7.30. The van der Waals surface area contributed by atoms with Crippen molar-refractivity contribution in [2.45, 2.75) is 0 Å². The van der Waals surface area contributed by atoms with Crippen LogP contribution in [-0.2, 0) is 4.74 Å². The molecule has 0 saturated carbocycles. The zero-order valence-electron chi connectivity index (χ0n) is 13.1. The maximum absolute atomic E-state index is 12.4. The van der Waals surface area contributed by atoms with Gasteiger partial charge in [-0.3, -0.25) is 4.79 Å². The van der Waals surface area contributed by atoms with Gasteiger partial charge < -0.3 is 15.0 Å². The molecule has 0 aliphatic carbocycles. The number of rotatable bonds is 3. The fourth-order valence-corrected chi connectivity index (χ4v) is 4.17. The molecule has 124 valence electrons. The second-order valence-electron chi connectivity index (χ2n) is 5.23. The van der Waals surface area contributed by atoms with Crippen LogP contribution in [0.25, 0.3) is 16.0 Å². The van der Waals surface area contributed by atoms with Crippen molar-refractivity contribution in [3.8, 4) is 11.1 Å². The summed E-state index contributed by atoms with van der Waals surface area (Å²) in [5.74, 6) is -0.209. The molecular formula is C17H16ClN3O2S. The Morgan fingerprint density at radius 1 is 1.38 bits per heavy atom. The maximum atomic E-state index is 12.4. The van der Waals surface area contributed by atoms with Crippen LogP contribution in [0.3, 0.4) is 0 Å². The molecule has 24 heavy (non-hydrogen) atoms. The van der Waals surface area contributed by atoms with Gasteiger partial charge in [0.1, 0.15) is 0 Å². The molecule has 1 N–H and O–H groups in total. The smallest absolute Gasteiger partial charge is 0.260 e. The average Bonchev–Trinajstić information content (AvgIpc) is 3.01. The van der Waals surface area contributed by atoms with Gasteiger partial charge in [0.2, 0.25) is 5.69 Å². The standard InChI is InChI=1S/C17H16ClN3O2S/c1-19-14-13(11-5-3-4-6-12(11)18)15(16(22)20-2)24-17(14)21-7-9-23-10-8-21/h3-6H,7-10H2,2H3,(H,20,22). The van der Waals surface area contributed by atoms with Crippen molar-refractivity contribution in [1.29, 1.82) is 0 Å². The minimum atomic E-state index is -0.209. The molecule has 1 aliphatic rings. The molecule has 2 aromatic rings. The molecule has 3 rings (SSSR count). The number of ether oxygens (including phenoxy) is 1. The van der Waals surface area contributed by atoms with E-state index in [1.165, 1.54) is 11.3 Å². The quantitative estimate of drug-likeness (QED) is 0.845. The number of amides is 1. The van der Waals surface area contributed by atoms with Gasteiger partial charge in [-0.1, -0.05) is 29.8 Å². The van der Waals surface area contributed by atoms with Crippen molar-refractivity contribution in [1.82, 2.24) is 5.32 Å². The van der Waals surface area contributed by atoms with Gasteiger partial charge in [-0.05, 0) is 11.6 Å². The van der Waals surface area contributed by atoms with Gasteiger partial charge in [0, 0.05) is 30.7 Å². The van der Waals surface area contributed by atoms with Gasteiger partial charge in [-0.2, -0.15) is 0 Å². The Hall–Kier alpha value is -2.07. The van der Waals surface area contributed by atoms with E-state index in [9.17, 15) is 4.79 Å². The Labute approximate surface area is 149 Å². The number of hydrogen-bond donors (Lipinski definition) is 1. The van der Waals surface area contributed by atoms with E-state index in [1.54, 1.807) is 13.1 Å². The van der Waals surface area contributed by atoms with Crippen molar-refractivity contribution >= 4 is 39.5 Å². The van der Waals surface area contributed by atoms with Crippen LogP contribution in [0.15, 0.2) is 24.3 Å². The monoisotopic (exact) mass is 361 g/mol. The second kappa shape index (κ2) is 7.22. The van der Waals surface area contributed by atoms with Crippen molar-refractivity contribution in [2.75, 3.05) is 38.3 Å². The number of benzene rings is 1. The average molecular weight is 362 g/mol. The second-order valence-corrected chi connectivity index (χ2v) is 6.64. The summed E-state index contributed by atoms with van der Waals surface area (Å²) >= 11 is 7.68. The lowest BCUT2D eigenvalue weighted by Gasteiger charge is -2.28. The number of anilines is 1. The summed E-state index contributed by atoms with van der Waals surface area (Å²) in [6.45, 7) is 10.3. The number of hydrogen-bond acceptors (Lipinski definition) is 4. The number of halogens is 1. The van der Waals surface area contributed by atoms with E-state index >= 15 is 0 Å². The Bertz CT molecular complexity index is 807. The lowest BCUT2D eigenvalue weighted by atomic mass is 10.0. The van der Waals surface area contributed by atoms with E-state index in [4.69, 9.17) is 22.9 Å². The Morgan fingerprint density at radius 3 is 2.71 bits per heavy atom. The predicted molar refractivity (Wildman–Crippen MR) is 97.4 cm³/mol. The van der Waals surface area contributed by atoms with Crippen LogP contribution in [0, 0.1) is 6.57 Å². The Balaban J connectivity index is 2.22. The molecule has 0 atom stereocenters. The highest BCUT2D eigenvalue weighted by atomic mass is 35.5. The van der Waals surface area contributed by atoms with Crippen molar-refractivity contribution < 1.29 is 9.53 Å². The van der Waals surface area contributed by atoms with Crippen molar-refractivity contribution in [3.05, 3.63) is 45.6 Å². The molecule has 0 unspecified atom stereocenters. The highest BCUT2D eigenvalue weighted by Crippen LogP contribution is 2.49. The van der Waals surface area contributed by atoms with Crippen molar-refractivity contribution in [2.24, 2.45) is 0 Å². The fourth-order valence-electron chi connectivity index (χ4n) is 2.68. The molecule has 5 nitrogen and oxygen atoms in total. The third-order valence-electron chi connectivity index (χ3n) is 3.85. The number of nitrogens with one attached hydrogen (secondary N) is 1. The summed E-state index contributed by atoms with van der Waals surface area (Å²) in [7, 11) is 1.59. The first-order chi connectivity index (χ1) is 11.7. The largest absolute Gasteiger partial charge is 0.378 e. The van der Waals surface area contributed by atoms with Crippen molar-refractivity contribution in [3.63, 3.8) is 0 Å². The summed E-state index contributed by atoms with van der Waals surface area (Å²) in [5, 5.41) is 3.99. The fraction of sp³-hybridized carbons (Fsp3) is 0.294. The first-order valence-corrected chi connectivity index (χ1v) is 8.70. The number of nitrogens with zero attached hydrogens (tertiary/aromatic N) is 2. The molecular weight excluding hydrogens is 346 g/mol. The zero-order valence-corrected chi connectivity index (χ0v) is 14.7. The van der Waals surface area contributed by atoms with Gasteiger partial charge >= 0.3 is 0 Å². The molecule has 0 radical (unpaired) electrons.